The fraction of sp³-hybridized carbons (Fsp3) is 0.0833. The molecule has 50 heavy (non-hydrogen) atoms. The van der Waals surface area contributed by atoms with E-state index in [1.807, 2.05) is 24.3 Å². The van der Waals surface area contributed by atoms with Crippen molar-refractivity contribution < 1.29 is 58.8 Å². The predicted molar refractivity (Wildman–Crippen MR) is 185 cm³/mol. The zero-order valence-corrected chi connectivity index (χ0v) is 29.6. The summed E-state index contributed by atoms with van der Waals surface area (Å²) < 4.78 is 13.3. The van der Waals surface area contributed by atoms with Crippen LogP contribution in [0.5, 0.6) is 17.4 Å². The summed E-state index contributed by atoms with van der Waals surface area (Å²) >= 11 is 5.44. The Kier molecular flexibility index (Phi) is 9.75. The number of benzene rings is 4. The smallest absolute Gasteiger partial charge is 0.872 e. The van der Waals surface area contributed by atoms with E-state index in [2.05, 4.69) is 20.6 Å². The van der Waals surface area contributed by atoms with Crippen LogP contribution in [-0.2, 0) is 0 Å². The number of carboxylic acid groups (broad SMARTS) is 1. The maximum atomic E-state index is 12.5. The third-order valence-corrected chi connectivity index (χ3v) is 8.15. The molecule has 7 rings (SSSR count). The van der Waals surface area contributed by atoms with Gasteiger partial charge in [-0.3, -0.25) is 14.2 Å². The van der Waals surface area contributed by atoms with Crippen molar-refractivity contribution >= 4 is 45.6 Å². The zero-order chi connectivity index (χ0) is 34.2. The first-order chi connectivity index (χ1) is 23.6. The third-order valence-electron chi connectivity index (χ3n) is 7.90. The van der Waals surface area contributed by atoms with Gasteiger partial charge in [0, 0.05) is 40.0 Å². The maximum Gasteiger partial charge on any atom is 1.00 e. The molecule has 2 aromatic heterocycles. The molecule has 244 valence electrons. The first kappa shape index (κ1) is 34.4. The molecule has 2 aliphatic rings. The first-order valence-electron chi connectivity index (χ1n) is 15.0. The summed E-state index contributed by atoms with van der Waals surface area (Å²) in [6, 6.07) is 20.7. The molecule has 0 amide bonds. The number of hydrogen-bond donors (Lipinski definition) is 4. The van der Waals surface area contributed by atoms with Gasteiger partial charge in [0.2, 0.25) is 5.88 Å². The van der Waals surface area contributed by atoms with Crippen molar-refractivity contribution in [1.82, 2.24) is 19.7 Å². The number of aromatic hydroxyl groups is 1. The Labute approximate surface area is 311 Å². The summed E-state index contributed by atoms with van der Waals surface area (Å²) in [5.41, 5.74) is 4.42. The Morgan fingerprint density at radius 1 is 1.04 bits per heavy atom. The normalized spacial score (nSPS) is 11.0. The fourth-order valence-corrected chi connectivity index (χ4v) is 5.82. The van der Waals surface area contributed by atoms with Crippen LogP contribution in [-0.4, -0.2) is 48.8 Å². The van der Waals surface area contributed by atoms with E-state index in [9.17, 15) is 24.9 Å². The number of ether oxygens (including phenoxy) is 1. The molecular weight excluding hydrogens is 669 g/mol. The number of aromatic carboxylic acids is 1. The summed E-state index contributed by atoms with van der Waals surface area (Å²) in [6.07, 6.45) is 3.33. The van der Waals surface area contributed by atoms with Crippen LogP contribution >= 0.6 is 12.2 Å². The number of imidazole rings is 1. The van der Waals surface area contributed by atoms with Crippen LogP contribution in [0.15, 0.2) is 100 Å². The van der Waals surface area contributed by atoms with Crippen molar-refractivity contribution in [2.45, 2.75) is 6.92 Å². The Bertz CT molecular complexity index is 2450. The molecule has 0 bridgehead atoms. The van der Waals surface area contributed by atoms with E-state index in [-0.39, 0.29) is 68.6 Å². The number of fused-ring (bicyclic) bond motifs is 3. The summed E-state index contributed by atoms with van der Waals surface area (Å²) in [6.45, 7) is 2.39. The van der Waals surface area contributed by atoms with Gasteiger partial charge in [0.05, 0.1) is 24.0 Å². The van der Waals surface area contributed by atoms with Crippen LogP contribution in [0.4, 0.5) is 5.69 Å². The average Bonchev–Trinajstić information content (AvgIpc) is 3.37. The largest absolute Gasteiger partial charge is 1.00 e. The van der Waals surface area contributed by atoms with E-state index in [1.165, 1.54) is 30.3 Å². The van der Waals surface area contributed by atoms with Gasteiger partial charge in [-0.1, -0.05) is 18.2 Å². The maximum absolute atomic E-state index is 12.5. The van der Waals surface area contributed by atoms with Crippen LogP contribution < -0.4 is 55.5 Å². The van der Waals surface area contributed by atoms with Gasteiger partial charge in [-0.15, -0.1) is 5.75 Å². The molecule has 3 heterocycles. The third kappa shape index (κ3) is 6.84. The molecule has 4 N–H and O–H groups in total. The average molecular weight is 696 g/mol. The Hall–Kier alpha value is -5.47. The summed E-state index contributed by atoms with van der Waals surface area (Å²) in [4.78, 5) is 33.2. The molecule has 5 aromatic rings. The van der Waals surface area contributed by atoms with Gasteiger partial charge in [-0.2, -0.15) is 0 Å². The van der Waals surface area contributed by atoms with E-state index >= 15 is 0 Å². The summed E-state index contributed by atoms with van der Waals surface area (Å²) in [7, 11) is 0. The number of anilines is 1. The van der Waals surface area contributed by atoms with Crippen LogP contribution in [0.3, 0.4) is 0 Å². The number of nitrogens with one attached hydrogen (secondary N) is 2. The van der Waals surface area contributed by atoms with Gasteiger partial charge >= 0.3 is 35.5 Å². The van der Waals surface area contributed by atoms with E-state index in [0.29, 0.717) is 63.7 Å². The fourth-order valence-electron chi connectivity index (χ4n) is 5.60. The molecule has 0 fully saturated rings. The predicted octanol–water partition coefficient (Wildman–Crippen LogP) is 2.43. The van der Waals surface area contributed by atoms with E-state index in [4.69, 9.17) is 21.4 Å². The van der Waals surface area contributed by atoms with Crippen molar-refractivity contribution in [2.75, 3.05) is 18.5 Å². The van der Waals surface area contributed by atoms with Crippen LogP contribution in [0.1, 0.15) is 16.1 Å². The molecule has 14 heteroatoms. The van der Waals surface area contributed by atoms with Gasteiger partial charge in [0.15, 0.2) is 16.2 Å². The molecule has 12 nitrogen and oxygen atoms in total. The minimum absolute atomic E-state index is 0. The van der Waals surface area contributed by atoms with Gasteiger partial charge in [0.25, 0.3) is 0 Å². The quantitative estimate of drug-likeness (QED) is 0.0793. The van der Waals surface area contributed by atoms with Crippen molar-refractivity contribution in [3.8, 4) is 51.1 Å². The zero-order valence-electron chi connectivity index (χ0n) is 26.8. The molecular formula is C36H26N5NaO7S. The number of carboxylic acids is 1. The molecule has 0 radical (unpaired) electrons. The van der Waals surface area contributed by atoms with Crippen LogP contribution in [0, 0.1) is 6.92 Å². The molecule has 0 atom stereocenters. The number of aryl methyl sites for hydroxylation is 1. The minimum atomic E-state index is -1.17. The Morgan fingerprint density at radius 2 is 1.82 bits per heavy atom. The SMILES string of the molecule is Cc1nc2cnc(-c3ccc(OCCNC(=S)Nc4ccc(-c5c6ccc(=O)cc-6oc6cc([O-])ccc56)c(C(=O)O)c4)cc3)cn2c1O.[Na+]. The molecule has 3 aromatic carbocycles. The topological polar surface area (TPSA) is 174 Å². The van der Waals surface area contributed by atoms with Gasteiger partial charge in [0.1, 0.15) is 29.4 Å². The molecule has 0 unspecified atom stereocenters. The van der Waals surface area contributed by atoms with E-state index in [0.717, 1.165) is 5.56 Å². The number of carbonyl (C=O) groups is 1. The number of hydrogen-bond acceptors (Lipinski definition) is 9. The van der Waals surface area contributed by atoms with Gasteiger partial charge < -0.3 is 35.1 Å². The Morgan fingerprint density at radius 3 is 2.60 bits per heavy atom. The number of rotatable bonds is 8. The van der Waals surface area contributed by atoms with Crippen LogP contribution in [0.2, 0.25) is 0 Å². The molecule has 1 aliphatic heterocycles. The van der Waals surface area contributed by atoms with Crippen molar-refractivity contribution in [3.05, 3.63) is 113 Å². The molecule has 0 saturated carbocycles. The van der Waals surface area contributed by atoms with Gasteiger partial charge in [-0.05, 0) is 79.3 Å². The minimum Gasteiger partial charge on any atom is -0.872 e. The second-order valence-electron chi connectivity index (χ2n) is 11.1. The van der Waals surface area contributed by atoms with E-state index < -0.39 is 5.97 Å². The van der Waals surface area contributed by atoms with Crippen molar-refractivity contribution in [3.63, 3.8) is 0 Å². The number of aromatic nitrogens is 3. The second-order valence-corrected chi connectivity index (χ2v) is 11.5. The molecule has 1 aliphatic carbocycles. The van der Waals surface area contributed by atoms with Crippen LogP contribution in [0.25, 0.3) is 50.3 Å². The number of thiocarbonyl (C=S) groups is 1. The van der Waals surface area contributed by atoms with Crippen molar-refractivity contribution in [1.29, 1.82) is 0 Å². The Balaban J connectivity index is 0.00000432. The first-order valence-corrected chi connectivity index (χ1v) is 15.4. The summed E-state index contributed by atoms with van der Waals surface area (Å²) in [5.74, 6) is -0.502. The summed E-state index contributed by atoms with van der Waals surface area (Å²) in [5, 5.41) is 39.3. The second kappa shape index (κ2) is 14.2. The standard InChI is InChI=1S/C36H27N5O7S.Na/c1-19-34(44)41-18-29(38-17-32(41)39-19)20-2-7-24(8-3-20)47-13-12-37-36(49)40-21-4-9-25(28(14-21)35(45)46)33-26-10-5-22(42)15-30(26)48-31-16-23(43)6-11-27(31)33;/h2-11,14-18,42,44H,12-13H2,1H3,(H,45,46)(H2,37,40,49);/q;+1/p-1. The van der Waals surface area contributed by atoms with E-state index in [1.54, 1.807) is 48.0 Å². The van der Waals surface area contributed by atoms with Crippen molar-refractivity contribution in [2.24, 2.45) is 0 Å². The molecule has 0 saturated heterocycles. The molecule has 0 spiro atoms. The number of nitrogens with zero attached hydrogens (tertiary/aromatic N) is 3. The monoisotopic (exact) mass is 695 g/mol. The van der Waals surface area contributed by atoms with Gasteiger partial charge in [-0.25, -0.2) is 9.78 Å².